The van der Waals surface area contributed by atoms with E-state index in [0.717, 1.165) is 24.4 Å². The van der Waals surface area contributed by atoms with Gasteiger partial charge in [0.05, 0.1) is 11.3 Å². The average Bonchev–Trinajstić information content (AvgIpc) is 3.39. The van der Waals surface area contributed by atoms with Gasteiger partial charge in [0.2, 0.25) is 11.7 Å². The van der Waals surface area contributed by atoms with E-state index in [2.05, 4.69) is 30.7 Å². The maximum Gasteiger partial charge on any atom is 0.516 e. The van der Waals surface area contributed by atoms with Crippen molar-refractivity contribution < 1.29 is 44.6 Å². The van der Waals surface area contributed by atoms with Crippen LogP contribution in [0.2, 0.25) is 0 Å². The van der Waals surface area contributed by atoms with Gasteiger partial charge in [-0.1, -0.05) is 17.3 Å². The minimum atomic E-state index is -5.53. The number of nitrogens with one attached hydrogen (secondary N) is 2. The van der Waals surface area contributed by atoms with Crippen molar-refractivity contribution in [3.8, 4) is 0 Å². The highest BCUT2D eigenvalue weighted by Gasteiger charge is 2.50. The smallest absolute Gasteiger partial charge is 0.409 e. The number of benzene rings is 1. The van der Waals surface area contributed by atoms with E-state index in [1.165, 1.54) is 6.07 Å². The van der Waals surface area contributed by atoms with Crippen LogP contribution in [-0.4, -0.2) is 52.7 Å². The van der Waals surface area contributed by atoms with Crippen molar-refractivity contribution in [1.29, 1.82) is 0 Å². The summed E-state index contributed by atoms with van der Waals surface area (Å²) < 4.78 is 105. The van der Waals surface area contributed by atoms with Gasteiger partial charge >= 0.3 is 21.7 Å². The summed E-state index contributed by atoms with van der Waals surface area (Å²) in [4.78, 5) is 0. The quantitative estimate of drug-likeness (QED) is 0.181. The van der Waals surface area contributed by atoms with Crippen molar-refractivity contribution in [1.82, 2.24) is 14.6 Å². The van der Waals surface area contributed by atoms with Crippen LogP contribution in [0.4, 0.5) is 37.8 Å². The molecule has 0 radical (unpaired) electrons. The third-order valence-electron chi connectivity index (χ3n) is 4.36. The number of anilines is 2. The Kier molecular flexibility index (Phi) is 6.44. The van der Waals surface area contributed by atoms with Gasteiger partial charge in [0, 0.05) is 19.3 Å². The lowest BCUT2D eigenvalue weighted by molar-refractivity contribution is -0.136. The van der Waals surface area contributed by atoms with E-state index in [4.69, 9.17) is 0 Å². The molecule has 0 aliphatic carbocycles. The van der Waals surface area contributed by atoms with E-state index < -0.39 is 45.3 Å². The molecule has 1 aliphatic heterocycles. The van der Waals surface area contributed by atoms with Gasteiger partial charge in [0.1, 0.15) is 0 Å². The van der Waals surface area contributed by atoms with E-state index in [-0.39, 0.29) is 34.4 Å². The molecule has 3 N–H and O–H groups in total. The number of rotatable bonds is 6. The molecule has 17 heteroatoms. The Labute approximate surface area is 181 Å². The Hall–Kier alpha value is -3.50. The summed E-state index contributed by atoms with van der Waals surface area (Å²) in [6.07, 6.45) is -3.94. The summed E-state index contributed by atoms with van der Waals surface area (Å²) in [5, 5.41) is 23.9. The number of para-hydroxylation sites is 1. The van der Waals surface area contributed by atoms with Crippen molar-refractivity contribution >= 4 is 27.4 Å². The lowest BCUT2D eigenvalue weighted by Crippen LogP contribution is -2.36. The molecule has 3 rings (SSSR count). The molecule has 0 saturated heterocycles. The third-order valence-corrected chi connectivity index (χ3v) is 5.85. The molecule has 2 heterocycles. The summed E-state index contributed by atoms with van der Waals surface area (Å²) in [6, 6.07) is 4.34. The van der Waals surface area contributed by atoms with Gasteiger partial charge in [-0.2, -0.15) is 34.8 Å². The number of oxime groups is 1. The molecule has 1 aromatic carbocycles. The number of alkyl halides is 6. The number of nitrogens with zero attached hydrogens (tertiary/aromatic N) is 4. The minimum absolute atomic E-state index is 0.0267. The zero-order valence-electron chi connectivity index (χ0n) is 16.1. The molecule has 2 aromatic rings. The number of hydrogen-bond acceptors (Lipinski definition) is 8. The highest BCUT2D eigenvalue weighted by molar-refractivity contribution is 7.90. The predicted molar refractivity (Wildman–Crippen MR) is 101 cm³/mol. The van der Waals surface area contributed by atoms with Crippen LogP contribution in [0.25, 0.3) is 0 Å². The van der Waals surface area contributed by atoms with Crippen LogP contribution in [0.3, 0.4) is 0 Å². The van der Waals surface area contributed by atoms with Crippen LogP contribution in [0, 0.1) is 0 Å². The fourth-order valence-electron chi connectivity index (χ4n) is 2.80. The number of halogens is 6. The number of hydrogen-bond donors (Lipinski definition) is 3. The zero-order valence-corrected chi connectivity index (χ0v) is 17.0. The van der Waals surface area contributed by atoms with Crippen molar-refractivity contribution in [2.45, 2.75) is 18.1 Å². The molecule has 0 fully saturated rings. The Balaban J connectivity index is 1.75. The Morgan fingerprint density at radius 1 is 1.18 bits per heavy atom. The second kappa shape index (κ2) is 8.80. The van der Waals surface area contributed by atoms with Crippen LogP contribution in [0.5, 0.6) is 0 Å². The zero-order chi connectivity index (χ0) is 24.4. The fourth-order valence-corrected chi connectivity index (χ4v) is 3.68. The molecule has 0 unspecified atom stereocenters. The Bertz CT molecular complexity index is 1170. The second-order valence-corrected chi connectivity index (χ2v) is 8.41. The first-order chi connectivity index (χ1) is 15.3. The second-order valence-electron chi connectivity index (χ2n) is 6.53. The van der Waals surface area contributed by atoms with Crippen LogP contribution in [-0.2, 0) is 16.2 Å². The molecule has 0 atom stereocenters. The molecule has 0 saturated carbocycles. The molecule has 180 valence electrons. The molecule has 33 heavy (non-hydrogen) atoms. The van der Waals surface area contributed by atoms with Crippen molar-refractivity contribution in [2.24, 2.45) is 5.16 Å². The lowest BCUT2D eigenvalue weighted by atomic mass is 10.1. The molecule has 1 aromatic heterocycles. The number of amidine groups is 1. The largest absolute Gasteiger partial charge is 0.516 e. The van der Waals surface area contributed by atoms with Gasteiger partial charge < -0.3 is 15.8 Å². The normalized spacial score (nSPS) is 15.5. The van der Waals surface area contributed by atoms with Gasteiger partial charge in [-0.3, -0.25) is 4.31 Å². The molecule has 0 spiro atoms. The fraction of sp³-hybridized carbons (Fsp3) is 0.312. The molecule has 1 aliphatic rings. The molecule has 10 nitrogen and oxygen atoms in total. The van der Waals surface area contributed by atoms with Gasteiger partial charge in [-0.25, -0.2) is 4.63 Å². The van der Waals surface area contributed by atoms with E-state index >= 15 is 0 Å². The van der Waals surface area contributed by atoms with Crippen molar-refractivity contribution in [3.63, 3.8) is 0 Å². The number of aromatic nitrogens is 2. The number of sulfonamides is 1. The lowest BCUT2D eigenvalue weighted by Gasteiger charge is -2.17. The van der Waals surface area contributed by atoms with Gasteiger partial charge in [0.15, 0.2) is 5.69 Å². The van der Waals surface area contributed by atoms with Crippen molar-refractivity contribution in [3.05, 3.63) is 47.3 Å². The molecule has 0 amide bonds. The van der Waals surface area contributed by atoms with Crippen LogP contribution in [0.1, 0.15) is 17.7 Å². The van der Waals surface area contributed by atoms with Crippen LogP contribution < -0.4 is 10.6 Å². The maximum absolute atomic E-state index is 13.2. The van der Waals surface area contributed by atoms with Crippen LogP contribution >= 0.6 is 0 Å². The highest BCUT2D eigenvalue weighted by atomic mass is 32.2. The van der Waals surface area contributed by atoms with Gasteiger partial charge in [0.25, 0.3) is 0 Å². The average molecular weight is 500 g/mol. The maximum atomic E-state index is 13.2. The standard InChI is InChI=1S/C16H14F6N6O4S/c17-15(18,19)10-3-1-2-4-11(10)24-14(25-29)12-13(27-32-26-12)23-7-9-5-6-28(8-9)33(30,31)16(20,21)22/h1-4,8,29H,5-7H2,(H,23,27)(H,24,25). The van der Waals surface area contributed by atoms with Crippen molar-refractivity contribution in [2.75, 3.05) is 23.7 Å². The summed E-state index contributed by atoms with van der Waals surface area (Å²) in [7, 11) is -5.53. The first-order valence-corrected chi connectivity index (χ1v) is 10.3. The highest BCUT2D eigenvalue weighted by Crippen LogP contribution is 2.35. The summed E-state index contributed by atoms with van der Waals surface area (Å²) in [6.45, 7) is -0.634. The van der Waals surface area contributed by atoms with E-state index in [1.807, 2.05) is 0 Å². The first kappa shape index (κ1) is 24.1. The van der Waals surface area contributed by atoms with Gasteiger partial charge in [-0.05, 0) is 34.4 Å². The summed E-state index contributed by atoms with van der Waals surface area (Å²) in [5.74, 6) is -0.796. The van der Waals surface area contributed by atoms with E-state index in [9.17, 15) is 40.0 Å². The monoisotopic (exact) mass is 500 g/mol. The molecular weight excluding hydrogens is 486 g/mol. The molecular formula is C16H14F6N6O4S. The van der Waals surface area contributed by atoms with Gasteiger partial charge in [-0.15, -0.1) is 0 Å². The summed E-state index contributed by atoms with van der Waals surface area (Å²) >= 11 is 0. The third kappa shape index (κ3) is 5.12. The molecule has 0 bridgehead atoms. The SMILES string of the molecule is O=S(=O)(N1C=C(CNc2nonc2/C(=N/O)Nc2ccccc2C(F)(F)F)CC1)C(F)(F)F. The van der Waals surface area contributed by atoms with E-state index in [1.54, 1.807) is 0 Å². The van der Waals surface area contributed by atoms with E-state index in [0.29, 0.717) is 0 Å². The Morgan fingerprint density at radius 2 is 1.88 bits per heavy atom. The van der Waals surface area contributed by atoms with Crippen LogP contribution in [0.15, 0.2) is 45.8 Å². The topological polar surface area (TPSA) is 133 Å². The predicted octanol–water partition coefficient (Wildman–Crippen LogP) is 3.19. The summed E-state index contributed by atoms with van der Waals surface area (Å²) in [5.41, 5.74) is -7.07. The minimum Gasteiger partial charge on any atom is -0.409 e. The first-order valence-electron chi connectivity index (χ1n) is 8.84. The Morgan fingerprint density at radius 3 is 2.52 bits per heavy atom.